The van der Waals surface area contributed by atoms with Gasteiger partial charge in [-0.3, -0.25) is 0 Å². The number of aromatic nitrogens is 3. The molecule has 206 valence electrons. The molecule has 4 aromatic rings. The minimum atomic E-state index is -5.09. The number of hydrogen-bond acceptors (Lipinski definition) is 4. The first-order valence-electron chi connectivity index (χ1n) is 11.2. The van der Waals surface area contributed by atoms with E-state index in [1.54, 1.807) is 0 Å². The van der Waals surface area contributed by atoms with Crippen LogP contribution in [0, 0.1) is 17.2 Å². The van der Waals surface area contributed by atoms with Crippen LogP contribution in [0.1, 0.15) is 47.6 Å². The van der Waals surface area contributed by atoms with Crippen molar-refractivity contribution in [3.8, 4) is 17.5 Å². The summed E-state index contributed by atoms with van der Waals surface area (Å²) < 4.78 is 127. The molecule has 39 heavy (non-hydrogen) atoms. The molecule has 0 saturated carbocycles. The van der Waals surface area contributed by atoms with E-state index >= 15 is 0 Å². The maximum absolute atomic E-state index is 13.9. The molecule has 0 bridgehead atoms. The second-order valence-corrected chi connectivity index (χ2v) is 9.16. The van der Waals surface area contributed by atoms with Crippen LogP contribution in [0.3, 0.4) is 0 Å². The Morgan fingerprint density at radius 1 is 0.897 bits per heavy atom. The summed E-state index contributed by atoms with van der Waals surface area (Å²) >= 11 is 0. The van der Waals surface area contributed by atoms with E-state index < -0.39 is 52.2 Å². The van der Waals surface area contributed by atoms with E-state index in [1.165, 1.54) is 22.8 Å². The van der Waals surface area contributed by atoms with Crippen LogP contribution < -0.4 is 0 Å². The van der Waals surface area contributed by atoms with Gasteiger partial charge in [0.25, 0.3) is 5.89 Å². The molecule has 0 N–H and O–H groups in total. The Hall–Kier alpha value is -4.02. The van der Waals surface area contributed by atoms with Gasteiger partial charge >= 0.3 is 18.5 Å². The van der Waals surface area contributed by atoms with Gasteiger partial charge in [-0.15, -0.1) is 0 Å². The van der Waals surface area contributed by atoms with Crippen molar-refractivity contribution >= 4 is 10.9 Å². The van der Waals surface area contributed by atoms with Crippen molar-refractivity contribution in [3.05, 3.63) is 70.2 Å². The van der Waals surface area contributed by atoms with Gasteiger partial charge in [0.15, 0.2) is 5.82 Å². The minimum absolute atomic E-state index is 0.00966. The van der Waals surface area contributed by atoms with Crippen LogP contribution in [0.4, 0.5) is 39.5 Å². The van der Waals surface area contributed by atoms with Crippen LogP contribution in [-0.4, -0.2) is 14.7 Å². The Morgan fingerprint density at radius 3 is 2.03 bits per heavy atom. The predicted molar refractivity (Wildman–Crippen MR) is 119 cm³/mol. The van der Waals surface area contributed by atoms with Gasteiger partial charge in [0.2, 0.25) is 0 Å². The summed E-state index contributed by atoms with van der Waals surface area (Å²) in [5.41, 5.74) is -4.97. The van der Waals surface area contributed by atoms with Crippen molar-refractivity contribution < 1.29 is 44.0 Å². The molecule has 0 unspecified atom stereocenters. The van der Waals surface area contributed by atoms with E-state index in [1.807, 2.05) is 13.8 Å². The van der Waals surface area contributed by atoms with Crippen LogP contribution in [0.15, 0.2) is 40.9 Å². The Labute approximate surface area is 214 Å². The van der Waals surface area contributed by atoms with Crippen LogP contribution in [-0.2, 0) is 31.5 Å². The third-order valence-electron chi connectivity index (χ3n) is 5.79. The fraction of sp³-hybridized carbons (Fsp3) is 0.320. The highest BCUT2D eigenvalue weighted by Crippen LogP contribution is 2.40. The van der Waals surface area contributed by atoms with Crippen LogP contribution in [0.5, 0.6) is 0 Å². The van der Waals surface area contributed by atoms with Gasteiger partial charge in [0, 0.05) is 22.2 Å². The molecular formula is C25H17F9N4O. The number of rotatable bonds is 5. The average molecular weight is 560 g/mol. The lowest BCUT2D eigenvalue weighted by atomic mass is 10.0. The highest BCUT2D eigenvalue weighted by molar-refractivity contribution is 5.87. The van der Waals surface area contributed by atoms with E-state index in [0.29, 0.717) is 24.2 Å². The summed E-state index contributed by atoms with van der Waals surface area (Å²) in [7, 11) is 0. The van der Waals surface area contributed by atoms with Gasteiger partial charge < -0.3 is 9.09 Å². The van der Waals surface area contributed by atoms with E-state index in [9.17, 15) is 44.8 Å². The zero-order valence-corrected chi connectivity index (χ0v) is 20.1. The highest BCUT2D eigenvalue weighted by Gasteiger charge is 2.38. The fourth-order valence-electron chi connectivity index (χ4n) is 4.22. The molecule has 0 aliphatic carbocycles. The van der Waals surface area contributed by atoms with E-state index in [-0.39, 0.29) is 35.3 Å². The van der Waals surface area contributed by atoms with E-state index in [0.717, 1.165) is 6.07 Å². The summed E-state index contributed by atoms with van der Waals surface area (Å²) in [6.07, 6.45) is -14.7. The van der Waals surface area contributed by atoms with Crippen molar-refractivity contribution in [2.24, 2.45) is 5.92 Å². The molecule has 0 spiro atoms. The first-order chi connectivity index (χ1) is 18.0. The molecule has 14 heteroatoms. The standard InChI is InChI=1S/C25H17F9N4O/c1-12(2)5-17-9-18-19(4-3-13(10-35)21(18)25(32,33)34)38(17)11-20-36-22(39-37-20)14-6-15(23(26,27)28)8-16(7-14)24(29,30)31/h3-4,6-9,12H,5,11H2,1-2H3. The Kier molecular flexibility index (Phi) is 6.91. The van der Waals surface area contributed by atoms with E-state index in [4.69, 9.17) is 4.52 Å². The van der Waals surface area contributed by atoms with Crippen molar-refractivity contribution in [2.45, 2.75) is 45.3 Å². The van der Waals surface area contributed by atoms with Gasteiger partial charge in [-0.2, -0.15) is 49.8 Å². The van der Waals surface area contributed by atoms with Crippen LogP contribution in [0.2, 0.25) is 0 Å². The number of fused-ring (bicyclic) bond motifs is 1. The topological polar surface area (TPSA) is 67.6 Å². The van der Waals surface area contributed by atoms with Crippen molar-refractivity contribution in [1.82, 2.24) is 14.7 Å². The molecule has 0 amide bonds. The molecular weight excluding hydrogens is 543 g/mol. The monoisotopic (exact) mass is 560 g/mol. The highest BCUT2D eigenvalue weighted by atomic mass is 19.4. The summed E-state index contributed by atoms with van der Waals surface area (Å²) in [5.74, 6) is -0.841. The van der Waals surface area contributed by atoms with Gasteiger partial charge in [-0.05, 0) is 48.7 Å². The average Bonchev–Trinajstić information content (AvgIpc) is 3.41. The fourth-order valence-corrected chi connectivity index (χ4v) is 4.22. The molecule has 2 heterocycles. The molecule has 0 radical (unpaired) electrons. The molecule has 2 aromatic heterocycles. The number of alkyl halides is 9. The third kappa shape index (κ3) is 5.71. The van der Waals surface area contributed by atoms with Gasteiger partial charge in [-0.25, -0.2) is 0 Å². The number of hydrogen-bond donors (Lipinski definition) is 0. The smallest absolute Gasteiger partial charge is 0.337 e. The first-order valence-corrected chi connectivity index (χ1v) is 11.2. The van der Waals surface area contributed by atoms with Crippen molar-refractivity contribution in [2.75, 3.05) is 0 Å². The first kappa shape index (κ1) is 28.0. The molecule has 0 saturated heterocycles. The number of nitriles is 1. The van der Waals surface area contributed by atoms with Crippen LogP contribution in [0.25, 0.3) is 22.4 Å². The molecule has 4 rings (SSSR count). The second kappa shape index (κ2) is 9.62. The summed E-state index contributed by atoms with van der Waals surface area (Å²) in [6, 6.07) is 5.98. The normalized spacial score (nSPS) is 12.9. The molecule has 0 fully saturated rings. The molecule has 0 aliphatic rings. The SMILES string of the molecule is CC(C)Cc1cc2c(C(F)(F)F)c(C#N)ccc2n1Cc1noc(-c2cc(C(F)(F)F)cc(C(F)(F)F)c2)n1. The molecule has 5 nitrogen and oxygen atoms in total. The Bertz CT molecular complexity index is 1540. The van der Waals surface area contributed by atoms with Gasteiger partial charge in [0.05, 0.1) is 34.9 Å². The summed E-state index contributed by atoms with van der Waals surface area (Å²) in [6.45, 7) is 3.35. The second-order valence-electron chi connectivity index (χ2n) is 9.16. The largest absolute Gasteiger partial charge is 0.418 e. The summed E-state index contributed by atoms with van der Waals surface area (Å²) in [4.78, 5) is 3.93. The zero-order valence-electron chi connectivity index (χ0n) is 20.1. The van der Waals surface area contributed by atoms with Gasteiger partial charge in [-0.1, -0.05) is 19.0 Å². The lowest BCUT2D eigenvalue weighted by Gasteiger charge is -2.13. The quantitative estimate of drug-likeness (QED) is 0.233. The maximum atomic E-state index is 13.9. The minimum Gasteiger partial charge on any atom is -0.337 e. The number of benzene rings is 2. The third-order valence-corrected chi connectivity index (χ3v) is 5.79. The predicted octanol–water partition coefficient (Wildman–Crippen LogP) is 7.87. The zero-order chi connectivity index (χ0) is 28.9. The van der Waals surface area contributed by atoms with Crippen LogP contribution >= 0.6 is 0 Å². The lowest BCUT2D eigenvalue weighted by Crippen LogP contribution is -2.11. The summed E-state index contributed by atoms with van der Waals surface area (Å²) in [5, 5.41) is 12.6. The lowest BCUT2D eigenvalue weighted by molar-refractivity contribution is -0.143. The van der Waals surface area contributed by atoms with Crippen molar-refractivity contribution in [3.63, 3.8) is 0 Å². The van der Waals surface area contributed by atoms with Crippen molar-refractivity contribution in [1.29, 1.82) is 5.26 Å². The molecule has 0 atom stereocenters. The Balaban J connectivity index is 1.82. The maximum Gasteiger partial charge on any atom is 0.418 e. The Morgan fingerprint density at radius 2 is 1.51 bits per heavy atom. The molecule has 2 aromatic carbocycles. The van der Waals surface area contributed by atoms with Gasteiger partial charge in [0.1, 0.15) is 0 Å². The number of halogens is 9. The van der Waals surface area contributed by atoms with E-state index in [2.05, 4.69) is 10.1 Å². The number of nitrogens with zero attached hydrogens (tertiary/aromatic N) is 4. The molecule has 0 aliphatic heterocycles.